The average molecular weight is 353 g/mol. The molecule has 126 valence electrons. The normalized spacial score (nSPS) is 11.1. The number of nitrogens with zero attached hydrogens (tertiary/aromatic N) is 5. The van der Waals surface area contributed by atoms with Gasteiger partial charge in [0.15, 0.2) is 11.0 Å². The van der Waals surface area contributed by atoms with Crippen molar-refractivity contribution in [3.8, 4) is 22.8 Å². The van der Waals surface area contributed by atoms with Crippen LogP contribution in [0.15, 0.2) is 56.7 Å². The van der Waals surface area contributed by atoms with Gasteiger partial charge < -0.3 is 13.4 Å². The molecule has 1 aromatic carbocycles. The van der Waals surface area contributed by atoms with Crippen molar-refractivity contribution in [3.05, 3.63) is 54.3 Å². The van der Waals surface area contributed by atoms with Crippen LogP contribution in [-0.2, 0) is 12.8 Å². The minimum absolute atomic E-state index is 0.517. The van der Waals surface area contributed by atoms with Gasteiger partial charge in [0.2, 0.25) is 11.8 Å². The molecule has 0 spiro atoms. The summed E-state index contributed by atoms with van der Waals surface area (Å²) in [6.07, 6.45) is 1.65. The smallest absolute Gasteiger partial charge is 0.247 e. The summed E-state index contributed by atoms with van der Waals surface area (Å²) in [7, 11) is 1.92. The van der Waals surface area contributed by atoms with E-state index in [0.29, 0.717) is 17.5 Å². The lowest BCUT2D eigenvalue weighted by Gasteiger charge is -2.01. The Balaban J connectivity index is 1.49. The van der Waals surface area contributed by atoms with Crippen LogP contribution in [0.5, 0.6) is 0 Å². The number of thioether (sulfide) groups is 1. The molecule has 7 nitrogen and oxygen atoms in total. The molecule has 0 aliphatic rings. The first-order valence-electron chi connectivity index (χ1n) is 7.67. The van der Waals surface area contributed by atoms with E-state index in [-0.39, 0.29) is 0 Å². The Morgan fingerprint density at radius 2 is 1.88 bits per heavy atom. The first kappa shape index (κ1) is 15.6. The molecular formula is C17H15N5O2S. The summed E-state index contributed by atoms with van der Waals surface area (Å²) in [5, 5.41) is 17.5. The van der Waals surface area contributed by atoms with Gasteiger partial charge in [-0.3, -0.25) is 0 Å². The number of hydrogen-bond acceptors (Lipinski definition) is 7. The lowest BCUT2D eigenvalue weighted by molar-refractivity contribution is 0.528. The summed E-state index contributed by atoms with van der Waals surface area (Å²) < 4.78 is 13.0. The second-order valence-electron chi connectivity index (χ2n) is 5.41. The van der Waals surface area contributed by atoms with Crippen LogP contribution < -0.4 is 0 Å². The molecule has 8 heteroatoms. The van der Waals surface area contributed by atoms with Crippen LogP contribution in [0.4, 0.5) is 0 Å². The van der Waals surface area contributed by atoms with Gasteiger partial charge in [0, 0.05) is 12.6 Å². The standard InChI is InChI=1S/C17H15N5O2S/c1-11-13(8-9-23-11)15-19-21-17(22(15)2)25-10-14-18-20-16(24-14)12-6-4-3-5-7-12/h3-9H,10H2,1-2H3. The predicted octanol–water partition coefficient (Wildman–Crippen LogP) is 3.73. The van der Waals surface area contributed by atoms with Crippen molar-refractivity contribution in [3.63, 3.8) is 0 Å². The molecule has 3 heterocycles. The molecule has 0 fully saturated rings. The van der Waals surface area contributed by atoms with Gasteiger partial charge in [0.25, 0.3) is 0 Å². The van der Waals surface area contributed by atoms with E-state index in [4.69, 9.17) is 8.83 Å². The Kier molecular flexibility index (Phi) is 4.10. The number of rotatable bonds is 5. The lowest BCUT2D eigenvalue weighted by atomic mass is 10.2. The molecule has 0 aliphatic carbocycles. The molecule has 0 aliphatic heterocycles. The van der Waals surface area contributed by atoms with Crippen molar-refractivity contribution in [2.24, 2.45) is 7.05 Å². The predicted molar refractivity (Wildman–Crippen MR) is 92.7 cm³/mol. The van der Waals surface area contributed by atoms with Gasteiger partial charge in [-0.1, -0.05) is 30.0 Å². The largest absolute Gasteiger partial charge is 0.469 e. The summed E-state index contributed by atoms with van der Waals surface area (Å²) in [4.78, 5) is 0. The fourth-order valence-corrected chi connectivity index (χ4v) is 3.18. The monoisotopic (exact) mass is 353 g/mol. The first-order chi connectivity index (χ1) is 12.2. The van der Waals surface area contributed by atoms with E-state index in [1.165, 1.54) is 11.8 Å². The number of aromatic nitrogens is 5. The Labute approximate surface area is 148 Å². The molecule has 4 aromatic rings. The molecular weight excluding hydrogens is 338 g/mol. The minimum Gasteiger partial charge on any atom is -0.469 e. The van der Waals surface area contributed by atoms with Crippen molar-refractivity contribution in [2.45, 2.75) is 17.8 Å². The quantitative estimate of drug-likeness (QED) is 0.506. The Morgan fingerprint density at radius 1 is 1.04 bits per heavy atom. The molecule has 25 heavy (non-hydrogen) atoms. The average Bonchev–Trinajstić information content (AvgIpc) is 3.35. The first-order valence-corrected chi connectivity index (χ1v) is 8.65. The summed E-state index contributed by atoms with van der Waals surface area (Å²) >= 11 is 1.50. The number of furan rings is 1. The summed E-state index contributed by atoms with van der Waals surface area (Å²) in [5.41, 5.74) is 1.84. The second-order valence-corrected chi connectivity index (χ2v) is 6.35. The van der Waals surface area contributed by atoms with Crippen LogP contribution in [0.2, 0.25) is 0 Å². The van der Waals surface area contributed by atoms with Crippen LogP contribution in [0.25, 0.3) is 22.8 Å². The van der Waals surface area contributed by atoms with Crippen LogP contribution >= 0.6 is 11.8 Å². The number of aryl methyl sites for hydroxylation is 1. The highest BCUT2D eigenvalue weighted by atomic mass is 32.2. The highest BCUT2D eigenvalue weighted by Crippen LogP contribution is 2.28. The fraction of sp³-hybridized carbons (Fsp3) is 0.176. The molecule has 3 aromatic heterocycles. The molecule has 0 atom stereocenters. The Morgan fingerprint density at radius 3 is 2.64 bits per heavy atom. The molecule has 0 unspecified atom stereocenters. The topological polar surface area (TPSA) is 82.8 Å². The number of benzene rings is 1. The third kappa shape index (κ3) is 3.08. The maximum absolute atomic E-state index is 5.71. The van der Waals surface area contributed by atoms with Gasteiger partial charge in [0.05, 0.1) is 17.6 Å². The molecule has 0 bridgehead atoms. The van der Waals surface area contributed by atoms with E-state index >= 15 is 0 Å². The zero-order chi connectivity index (χ0) is 17.2. The van der Waals surface area contributed by atoms with Gasteiger partial charge in [-0.2, -0.15) is 0 Å². The van der Waals surface area contributed by atoms with E-state index < -0.39 is 0 Å². The summed E-state index contributed by atoms with van der Waals surface area (Å²) in [5.74, 6) is 3.17. The zero-order valence-electron chi connectivity index (χ0n) is 13.7. The molecule has 0 saturated heterocycles. The van der Waals surface area contributed by atoms with Crippen LogP contribution in [0, 0.1) is 6.92 Å². The van der Waals surface area contributed by atoms with Crippen LogP contribution in [-0.4, -0.2) is 25.0 Å². The molecule has 0 amide bonds. The molecule has 0 radical (unpaired) electrons. The van der Waals surface area contributed by atoms with Gasteiger partial charge in [-0.25, -0.2) is 0 Å². The van der Waals surface area contributed by atoms with Gasteiger partial charge >= 0.3 is 0 Å². The Hall–Kier alpha value is -2.87. The van der Waals surface area contributed by atoms with Crippen molar-refractivity contribution < 1.29 is 8.83 Å². The fourth-order valence-electron chi connectivity index (χ4n) is 2.43. The van der Waals surface area contributed by atoms with Crippen LogP contribution in [0.1, 0.15) is 11.7 Å². The molecule has 0 saturated carbocycles. The van der Waals surface area contributed by atoms with Crippen LogP contribution in [0.3, 0.4) is 0 Å². The van der Waals surface area contributed by atoms with Gasteiger partial charge in [-0.05, 0) is 25.1 Å². The van der Waals surface area contributed by atoms with E-state index in [0.717, 1.165) is 27.9 Å². The van der Waals surface area contributed by atoms with Gasteiger partial charge in [-0.15, -0.1) is 20.4 Å². The van der Waals surface area contributed by atoms with Gasteiger partial charge in [0.1, 0.15) is 5.76 Å². The van der Waals surface area contributed by atoms with E-state index in [2.05, 4.69) is 20.4 Å². The second kappa shape index (κ2) is 6.56. The van der Waals surface area contributed by atoms with Crippen molar-refractivity contribution >= 4 is 11.8 Å². The number of hydrogen-bond donors (Lipinski definition) is 0. The third-order valence-corrected chi connectivity index (χ3v) is 4.75. The Bertz CT molecular complexity index is 990. The van der Waals surface area contributed by atoms with Crippen molar-refractivity contribution in [1.29, 1.82) is 0 Å². The molecule has 0 N–H and O–H groups in total. The van der Waals surface area contributed by atoms with Crippen molar-refractivity contribution in [1.82, 2.24) is 25.0 Å². The van der Waals surface area contributed by atoms with E-state index in [1.54, 1.807) is 6.26 Å². The highest BCUT2D eigenvalue weighted by Gasteiger charge is 2.16. The third-order valence-electron chi connectivity index (χ3n) is 3.75. The zero-order valence-corrected chi connectivity index (χ0v) is 14.5. The minimum atomic E-state index is 0.517. The highest BCUT2D eigenvalue weighted by molar-refractivity contribution is 7.98. The van der Waals surface area contributed by atoms with Crippen molar-refractivity contribution in [2.75, 3.05) is 0 Å². The molecule has 4 rings (SSSR count). The lowest BCUT2D eigenvalue weighted by Crippen LogP contribution is -1.95. The maximum Gasteiger partial charge on any atom is 0.247 e. The summed E-state index contributed by atoms with van der Waals surface area (Å²) in [6, 6.07) is 11.6. The van der Waals surface area contributed by atoms with E-state index in [9.17, 15) is 0 Å². The summed E-state index contributed by atoms with van der Waals surface area (Å²) in [6.45, 7) is 1.90. The maximum atomic E-state index is 5.71. The van der Waals surface area contributed by atoms with E-state index in [1.807, 2.05) is 54.9 Å². The SMILES string of the molecule is Cc1occc1-c1nnc(SCc2nnc(-c3ccccc3)o2)n1C.